The van der Waals surface area contributed by atoms with Gasteiger partial charge in [-0.05, 0) is 37.5 Å². The number of halogens is 3. The summed E-state index contributed by atoms with van der Waals surface area (Å²) in [5.41, 5.74) is 1.41. The van der Waals surface area contributed by atoms with Crippen molar-refractivity contribution in [2.24, 2.45) is 0 Å². The zero-order valence-electron chi connectivity index (χ0n) is 10.8. The second-order valence-electron chi connectivity index (χ2n) is 4.43. The molecule has 0 radical (unpaired) electrons. The first-order valence-electron chi connectivity index (χ1n) is 5.39. The zero-order chi connectivity index (χ0) is 13.7. The van der Waals surface area contributed by atoms with Crippen LogP contribution in [-0.4, -0.2) is 25.1 Å². The van der Waals surface area contributed by atoms with Crippen molar-refractivity contribution in [3.05, 3.63) is 28.8 Å². The molecule has 0 aliphatic carbocycles. The van der Waals surface area contributed by atoms with E-state index in [4.69, 9.17) is 0 Å². The molecule has 1 aliphatic rings. The molecule has 0 bridgehead atoms. The summed E-state index contributed by atoms with van der Waals surface area (Å²) in [5, 5.41) is 0. The number of fused-ring (bicyclic) bond motifs is 1. The molecule has 1 aromatic carbocycles. The van der Waals surface area contributed by atoms with Gasteiger partial charge in [-0.2, -0.15) is 0 Å². The molecule has 0 unspecified atom stereocenters. The van der Waals surface area contributed by atoms with Gasteiger partial charge in [0.1, 0.15) is 0 Å². The molecule has 1 aromatic rings. The van der Waals surface area contributed by atoms with Gasteiger partial charge in [-0.1, -0.05) is 6.07 Å². The molecule has 3 nitrogen and oxygen atoms in total. The molecule has 8 heteroatoms. The third kappa shape index (κ3) is 3.30. The first-order chi connectivity index (χ1) is 8.20. The van der Waals surface area contributed by atoms with Gasteiger partial charge in [0.25, 0.3) is 11.7 Å². The number of rotatable bonds is 2. The average molecular weight is 295 g/mol. The van der Waals surface area contributed by atoms with E-state index >= 15 is 0 Å². The van der Waals surface area contributed by atoms with Crippen LogP contribution in [0.1, 0.15) is 21.5 Å². The number of aryl methyl sites for hydroxylation is 2. The summed E-state index contributed by atoms with van der Waals surface area (Å²) in [4.78, 5) is 23.8. The molecule has 0 saturated carbocycles. The van der Waals surface area contributed by atoms with E-state index in [2.05, 4.69) is 0 Å². The van der Waals surface area contributed by atoms with E-state index in [9.17, 15) is 22.5 Å². The maximum atomic E-state index is 12.5. The maximum Gasteiger partial charge on any atom is 1.00 e. The Bertz CT molecular complexity index is 560. The number of hydrogen-bond acceptors (Lipinski definition) is 2. The number of anilines is 1. The molecule has 2 rings (SSSR count). The van der Waals surface area contributed by atoms with Crippen LogP contribution in [0.25, 0.3) is 0 Å². The summed E-state index contributed by atoms with van der Waals surface area (Å²) in [6, 6.07) is 3.10. The molecule has 1 amide bonds. The average Bonchev–Trinajstić information content (AvgIpc) is 2.42. The van der Waals surface area contributed by atoms with E-state index in [1.165, 1.54) is 6.07 Å². The molecular formula is C11H10BF3KNO2. The van der Waals surface area contributed by atoms with Gasteiger partial charge in [0, 0.05) is 0 Å². The number of ketones is 1. The van der Waals surface area contributed by atoms with Crippen LogP contribution < -0.4 is 56.3 Å². The predicted octanol–water partition coefficient (Wildman–Crippen LogP) is -0.777. The third-order valence-corrected chi connectivity index (χ3v) is 2.79. The van der Waals surface area contributed by atoms with E-state index in [1.807, 2.05) is 0 Å². The number of hydrogen-bond donors (Lipinski definition) is 0. The normalized spacial score (nSPS) is 14.5. The number of amides is 1. The minimum absolute atomic E-state index is 0. The fraction of sp³-hybridized carbons (Fsp3) is 0.273. The molecule has 1 heterocycles. The van der Waals surface area contributed by atoms with Crippen LogP contribution in [-0.2, 0) is 4.79 Å². The van der Waals surface area contributed by atoms with Crippen LogP contribution in [0.4, 0.5) is 18.6 Å². The van der Waals surface area contributed by atoms with E-state index in [0.29, 0.717) is 10.5 Å². The number of carbonyl (C=O) groups excluding carboxylic acids is 2. The summed E-state index contributed by atoms with van der Waals surface area (Å²) in [5.74, 6) is -1.96. The van der Waals surface area contributed by atoms with Gasteiger partial charge >= 0.3 is 58.4 Å². The third-order valence-electron chi connectivity index (χ3n) is 2.79. The van der Waals surface area contributed by atoms with Crippen molar-refractivity contribution in [3.63, 3.8) is 0 Å². The first kappa shape index (κ1) is 16.9. The number of nitrogens with zero attached hydrogens (tertiary/aromatic N) is 1. The first-order valence-corrected chi connectivity index (χ1v) is 5.39. The molecule has 0 spiro atoms. The quantitative estimate of drug-likeness (QED) is 0.530. The Morgan fingerprint density at radius 2 is 1.74 bits per heavy atom. The van der Waals surface area contributed by atoms with Crippen LogP contribution in [0.5, 0.6) is 0 Å². The second-order valence-corrected chi connectivity index (χ2v) is 4.43. The maximum absolute atomic E-state index is 12.5. The summed E-state index contributed by atoms with van der Waals surface area (Å²) >= 11 is 0. The monoisotopic (exact) mass is 295 g/mol. The summed E-state index contributed by atoms with van der Waals surface area (Å²) in [6.45, 7) is -1.85. The molecule has 0 saturated heterocycles. The summed E-state index contributed by atoms with van der Waals surface area (Å²) < 4.78 is 37.4. The molecule has 0 atom stereocenters. The van der Waals surface area contributed by atoms with Crippen molar-refractivity contribution in [2.45, 2.75) is 13.8 Å². The summed E-state index contributed by atoms with van der Waals surface area (Å²) in [7, 11) is 0. The minimum Gasteiger partial charge on any atom is -0.448 e. The molecule has 19 heavy (non-hydrogen) atoms. The van der Waals surface area contributed by atoms with E-state index < -0.39 is 25.1 Å². The number of carbonyl (C=O) groups is 2. The fourth-order valence-corrected chi connectivity index (χ4v) is 2.21. The molecule has 0 N–H and O–H groups in total. The smallest absolute Gasteiger partial charge is 0.448 e. The molecule has 0 fully saturated rings. The second kappa shape index (κ2) is 5.69. The predicted molar refractivity (Wildman–Crippen MR) is 61.7 cm³/mol. The van der Waals surface area contributed by atoms with Gasteiger partial charge in [0.05, 0.1) is 11.3 Å². The van der Waals surface area contributed by atoms with Gasteiger partial charge in [0.2, 0.25) is 0 Å². The van der Waals surface area contributed by atoms with Crippen molar-refractivity contribution in [1.82, 2.24) is 0 Å². The van der Waals surface area contributed by atoms with Gasteiger partial charge in [-0.3, -0.25) is 9.59 Å². The summed E-state index contributed by atoms with van der Waals surface area (Å²) in [6.07, 6.45) is -1.37. The molecule has 96 valence electrons. The van der Waals surface area contributed by atoms with Crippen molar-refractivity contribution in [1.29, 1.82) is 0 Å². The SMILES string of the molecule is Cc1cc(C)c2c(c1)C(=O)C(=O)N2C[B-](F)(F)F.[K+]. The van der Waals surface area contributed by atoms with Crippen molar-refractivity contribution >= 4 is 24.4 Å². The Labute approximate surface area is 151 Å². The van der Waals surface area contributed by atoms with E-state index in [-0.39, 0.29) is 62.6 Å². The van der Waals surface area contributed by atoms with Gasteiger partial charge in [-0.25, -0.2) is 0 Å². The Hall–Kier alpha value is -0.149. The Morgan fingerprint density at radius 1 is 1.16 bits per heavy atom. The Kier molecular flexibility index (Phi) is 5.06. The molecule has 0 aromatic heterocycles. The van der Waals surface area contributed by atoms with Gasteiger partial charge in [-0.15, -0.1) is 0 Å². The van der Waals surface area contributed by atoms with Crippen molar-refractivity contribution in [3.8, 4) is 0 Å². The van der Waals surface area contributed by atoms with Crippen molar-refractivity contribution in [2.75, 3.05) is 11.3 Å². The van der Waals surface area contributed by atoms with E-state index in [0.717, 1.165) is 5.56 Å². The van der Waals surface area contributed by atoms with Gasteiger partial charge in [0.15, 0.2) is 0 Å². The Balaban J connectivity index is 0.00000180. The standard InChI is InChI=1S/C11H10BF3NO2.K/c1-6-3-7(2)9-8(4-6)10(17)11(18)16(9)5-12(13,14)15;/h3-4H,5H2,1-2H3;/q-1;+1. The number of Topliss-reactive ketones (excluding diaryl/α,β-unsaturated/α-hetero) is 1. The topological polar surface area (TPSA) is 37.4 Å². The molecular weight excluding hydrogens is 285 g/mol. The largest absolute Gasteiger partial charge is 1.00 e. The van der Waals surface area contributed by atoms with Crippen LogP contribution in [0.15, 0.2) is 12.1 Å². The van der Waals surface area contributed by atoms with E-state index in [1.54, 1.807) is 19.9 Å². The van der Waals surface area contributed by atoms with Crippen LogP contribution in [0, 0.1) is 13.8 Å². The van der Waals surface area contributed by atoms with Crippen LogP contribution in [0.2, 0.25) is 0 Å². The Morgan fingerprint density at radius 3 is 2.26 bits per heavy atom. The zero-order valence-corrected chi connectivity index (χ0v) is 14.0. The minimum atomic E-state index is -5.17. The van der Waals surface area contributed by atoms with Crippen LogP contribution >= 0.6 is 0 Å². The molecule has 1 aliphatic heterocycles. The number of benzene rings is 1. The van der Waals surface area contributed by atoms with Crippen molar-refractivity contribution < 1.29 is 73.9 Å². The fourth-order valence-electron chi connectivity index (χ4n) is 2.21. The van der Waals surface area contributed by atoms with Gasteiger partial charge < -0.3 is 17.8 Å². The van der Waals surface area contributed by atoms with Crippen LogP contribution in [0.3, 0.4) is 0 Å².